The van der Waals surface area contributed by atoms with E-state index in [1.165, 1.54) is 7.11 Å². The first-order chi connectivity index (χ1) is 7.60. The van der Waals surface area contributed by atoms with Crippen LogP contribution < -0.4 is 5.32 Å². The minimum atomic E-state index is -0.464. The number of ether oxygens (including phenoxy) is 1. The van der Waals surface area contributed by atoms with Gasteiger partial charge in [-0.1, -0.05) is 28.1 Å². The van der Waals surface area contributed by atoms with Crippen LogP contribution in [0.25, 0.3) is 0 Å². The molecular formula is C11H12BrNO3. The van der Waals surface area contributed by atoms with Crippen LogP contribution in [0.1, 0.15) is 15.9 Å². The fraction of sp³-hybridized carbons (Fsp3) is 0.273. The second kappa shape index (κ2) is 5.65. The Morgan fingerprint density at radius 2 is 2.12 bits per heavy atom. The second-order valence-electron chi connectivity index (χ2n) is 3.17. The van der Waals surface area contributed by atoms with E-state index >= 15 is 0 Å². The Bertz CT molecular complexity index is 418. The molecule has 0 radical (unpaired) electrons. The molecule has 0 bridgehead atoms. The maximum absolute atomic E-state index is 11.5. The zero-order chi connectivity index (χ0) is 12.1. The molecule has 1 aromatic rings. The number of rotatable bonds is 3. The fourth-order valence-corrected chi connectivity index (χ4v) is 1.43. The molecule has 0 fully saturated rings. The monoisotopic (exact) mass is 285 g/mol. The molecule has 16 heavy (non-hydrogen) atoms. The number of hydrogen-bond donors (Lipinski definition) is 1. The average molecular weight is 286 g/mol. The third-order valence-electron chi connectivity index (χ3n) is 2.06. The molecule has 1 aromatic carbocycles. The van der Waals surface area contributed by atoms with E-state index in [4.69, 9.17) is 0 Å². The normalized spacial score (nSPS) is 9.69. The Balaban J connectivity index is 3.13. The molecule has 0 spiro atoms. The first-order valence-corrected chi connectivity index (χ1v) is 5.76. The van der Waals surface area contributed by atoms with Gasteiger partial charge in [0.1, 0.15) is 0 Å². The second-order valence-corrected chi connectivity index (χ2v) is 3.73. The average Bonchev–Trinajstić information content (AvgIpc) is 2.30. The number of nitrogens with one attached hydrogen (secondary N) is 1. The van der Waals surface area contributed by atoms with Crippen molar-refractivity contribution in [3.63, 3.8) is 0 Å². The van der Waals surface area contributed by atoms with Crippen LogP contribution in [0.4, 0.5) is 5.69 Å². The predicted molar refractivity (Wildman–Crippen MR) is 64.9 cm³/mol. The number of carbonyl (C=O) groups excluding carboxylic acids is 2. The van der Waals surface area contributed by atoms with E-state index in [9.17, 15) is 9.59 Å². The van der Waals surface area contributed by atoms with E-state index in [1.807, 2.05) is 13.0 Å². The SMILES string of the molecule is COC(=O)c1cccc(C)c1NC(=O)CBr. The Morgan fingerprint density at radius 1 is 1.44 bits per heavy atom. The Labute approximate surface area is 102 Å². The largest absolute Gasteiger partial charge is 0.465 e. The number of esters is 1. The number of amides is 1. The number of methoxy groups -OCH3 is 1. The maximum atomic E-state index is 11.5. The summed E-state index contributed by atoms with van der Waals surface area (Å²) >= 11 is 3.05. The molecule has 0 saturated carbocycles. The summed E-state index contributed by atoms with van der Waals surface area (Å²) in [6.45, 7) is 1.82. The Morgan fingerprint density at radius 3 is 2.69 bits per heavy atom. The fourth-order valence-electron chi connectivity index (χ4n) is 1.29. The van der Waals surface area contributed by atoms with Crippen molar-refractivity contribution in [2.75, 3.05) is 17.8 Å². The number of anilines is 1. The summed E-state index contributed by atoms with van der Waals surface area (Å²) in [5, 5.41) is 2.84. The Hall–Kier alpha value is -1.36. The van der Waals surface area contributed by atoms with Gasteiger partial charge in [0, 0.05) is 0 Å². The lowest BCUT2D eigenvalue weighted by molar-refractivity contribution is -0.113. The lowest BCUT2D eigenvalue weighted by Gasteiger charge is -2.11. The summed E-state index contributed by atoms with van der Waals surface area (Å²) in [7, 11) is 1.31. The van der Waals surface area contributed by atoms with Gasteiger partial charge in [0.05, 0.1) is 23.7 Å². The maximum Gasteiger partial charge on any atom is 0.339 e. The van der Waals surface area contributed by atoms with Crippen molar-refractivity contribution in [2.45, 2.75) is 6.92 Å². The number of alkyl halides is 1. The summed E-state index contributed by atoms with van der Waals surface area (Å²) < 4.78 is 4.65. The van der Waals surface area contributed by atoms with E-state index in [2.05, 4.69) is 26.0 Å². The van der Waals surface area contributed by atoms with Gasteiger partial charge in [-0.25, -0.2) is 4.79 Å². The molecule has 0 atom stereocenters. The van der Waals surface area contributed by atoms with Gasteiger partial charge in [0.2, 0.25) is 5.91 Å². The van der Waals surface area contributed by atoms with Gasteiger partial charge >= 0.3 is 5.97 Å². The van der Waals surface area contributed by atoms with Crippen molar-refractivity contribution in [3.05, 3.63) is 29.3 Å². The summed E-state index contributed by atoms with van der Waals surface area (Å²) in [6.07, 6.45) is 0. The van der Waals surface area contributed by atoms with Crippen LogP contribution in [0.5, 0.6) is 0 Å². The molecule has 0 saturated heterocycles. The van der Waals surface area contributed by atoms with Gasteiger partial charge in [-0.15, -0.1) is 0 Å². The molecule has 0 aliphatic carbocycles. The zero-order valence-corrected chi connectivity index (χ0v) is 10.6. The van der Waals surface area contributed by atoms with Gasteiger partial charge in [-0.2, -0.15) is 0 Å². The standard InChI is InChI=1S/C11H12BrNO3/c1-7-4-3-5-8(11(15)16-2)10(7)13-9(14)6-12/h3-5H,6H2,1-2H3,(H,13,14). The molecule has 0 aromatic heterocycles. The van der Waals surface area contributed by atoms with Crippen LogP contribution in [0.3, 0.4) is 0 Å². The molecule has 4 nitrogen and oxygen atoms in total. The summed E-state index contributed by atoms with van der Waals surface area (Å²) in [6, 6.07) is 5.17. The number of carbonyl (C=O) groups is 2. The van der Waals surface area contributed by atoms with Crippen molar-refractivity contribution in [1.29, 1.82) is 0 Å². The van der Waals surface area contributed by atoms with Crippen LogP contribution in [0, 0.1) is 6.92 Å². The van der Waals surface area contributed by atoms with Gasteiger partial charge in [-0.3, -0.25) is 4.79 Å². The highest BCUT2D eigenvalue weighted by Crippen LogP contribution is 2.21. The third-order valence-corrected chi connectivity index (χ3v) is 2.57. The molecule has 0 aliphatic rings. The van der Waals surface area contributed by atoms with E-state index in [0.717, 1.165) is 5.56 Å². The molecule has 5 heteroatoms. The summed E-state index contributed by atoms with van der Waals surface area (Å²) in [5.74, 6) is -0.673. The molecule has 0 heterocycles. The van der Waals surface area contributed by atoms with Gasteiger partial charge in [0.15, 0.2) is 0 Å². The number of aryl methyl sites for hydroxylation is 1. The zero-order valence-electron chi connectivity index (χ0n) is 9.04. The van der Waals surface area contributed by atoms with E-state index in [-0.39, 0.29) is 11.2 Å². The van der Waals surface area contributed by atoms with Crippen LogP contribution in [0.2, 0.25) is 0 Å². The predicted octanol–water partition coefficient (Wildman–Crippen LogP) is 2.12. The molecule has 1 rings (SSSR count). The topological polar surface area (TPSA) is 55.4 Å². The van der Waals surface area contributed by atoms with Crippen molar-refractivity contribution < 1.29 is 14.3 Å². The van der Waals surface area contributed by atoms with Crippen LogP contribution in [-0.4, -0.2) is 24.3 Å². The number of para-hydroxylation sites is 1. The van der Waals surface area contributed by atoms with E-state index < -0.39 is 5.97 Å². The van der Waals surface area contributed by atoms with E-state index in [0.29, 0.717) is 11.3 Å². The van der Waals surface area contributed by atoms with Crippen LogP contribution >= 0.6 is 15.9 Å². The minimum Gasteiger partial charge on any atom is -0.465 e. The quantitative estimate of drug-likeness (QED) is 0.684. The number of benzene rings is 1. The highest BCUT2D eigenvalue weighted by Gasteiger charge is 2.14. The molecule has 0 aliphatic heterocycles. The first kappa shape index (κ1) is 12.7. The summed E-state index contributed by atoms with van der Waals surface area (Å²) in [5.41, 5.74) is 1.67. The first-order valence-electron chi connectivity index (χ1n) is 4.64. The van der Waals surface area contributed by atoms with Crippen molar-refractivity contribution in [2.24, 2.45) is 0 Å². The molecule has 1 N–H and O–H groups in total. The van der Waals surface area contributed by atoms with Crippen molar-refractivity contribution >= 4 is 33.5 Å². The smallest absolute Gasteiger partial charge is 0.339 e. The van der Waals surface area contributed by atoms with Crippen LogP contribution in [-0.2, 0) is 9.53 Å². The van der Waals surface area contributed by atoms with Gasteiger partial charge in [-0.05, 0) is 18.6 Å². The Kier molecular flexibility index (Phi) is 4.49. The lowest BCUT2D eigenvalue weighted by Crippen LogP contribution is -2.17. The molecule has 86 valence electrons. The summed E-state index contributed by atoms with van der Waals surface area (Å²) in [4.78, 5) is 22.8. The van der Waals surface area contributed by atoms with E-state index in [1.54, 1.807) is 12.1 Å². The third kappa shape index (κ3) is 2.82. The number of halogens is 1. The van der Waals surface area contributed by atoms with Gasteiger partial charge in [0.25, 0.3) is 0 Å². The molecular weight excluding hydrogens is 274 g/mol. The number of hydrogen-bond acceptors (Lipinski definition) is 3. The molecule has 1 amide bonds. The molecule has 0 unspecified atom stereocenters. The minimum absolute atomic E-state index is 0.182. The van der Waals surface area contributed by atoms with Gasteiger partial charge < -0.3 is 10.1 Å². The highest BCUT2D eigenvalue weighted by molar-refractivity contribution is 9.09. The highest BCUT2D eigenvalue weighted by atomic mass is 79.9. The van der Waals surface area contributed by atoms with Crippen molar-refractivity contribution in [1.82, 2.24) is 0 Å². The lowest BCUT2D eigenvalue weighted by atomic mass is 10.1. The van der Waals surface area contributed by atoms with Crippen molar-refractivity contribution in [3.8, 4) is 0 Å². The van der Waals surface area contributed by atoms with Crippen LogP contribution in [0.15, 0.2) is 18.2 Å².